The molecule has 8 nitrogen and oxygen atoms in total. The van der Waals surface area contributed by atoms with Gasteiger partial charge in [0, 0.05) is 0 Å². The van der Waals surface area contributed by atoms with Crippen LogP contribution < -0.4 is 4.72 Å². The van der Waals surface area contributed by atoms with Gasteiger partial charge >= 0.3 is 0 Å². The topological polar surface area (TPSA) is 103 Å². The van der Waals surface area contributed by atoms with Crippen LogP contribution in [0.2, 0.25) is 0 Å². The Morgan fingerprint density at radius 2 is 1.83 bits per heavy atom. The van der Waals surface area contributed by atoms with E-state index in [1.807, 2.05) is 30.3 Å². The van der Waals surface area contributed by atoms with Crippen molar-refractivity contribution in [3.8, 4) is 0 Å². The zero-order valence-corrected chi connectivity index (χ0v) is 14.1. The van der Waals surface area contributed by atoms with Crippen LogP contribution in [0, 0.1) is 13.8 Å². The minimum Gasteiger partial charge on any atom is -0.360 e. The number of aromatic nitrogens is 4. The monoisotopic (exact) mass is 347 g/mol. The molecule has 24 heavy (non-hydrogen) atoms. The summed E-state index contributed by atoms with van der Waals surface area (Å²) >= 11 is 0. The number of nitrogens with one attached hydrogen (secondary N) is 1. The molecule has 3 aromatic rings. The first-order chi connectivity index (χ1) is 11.5. The first-order valence-electron chi connectivity index (χ1n) is 7.31. The van der Waals surface area contributed by atoms with E-state index in [2.05, 4.69) is 20.1 Å². The van der Waals surface area contributed by atoms with Crippen molar-refractivity contribution in [2.24, 2.45) is 0 Å². The van der Waals surface area contributed by atoms with E-state index in [9.17, 15) is 8.42 Å². The van der Waals surface area contributed by atoms with Gasteiger partial charge < -0.3 is 4.52 Å². The smallest absolute Gasteiger partial charge is 0.246 e. The molecular weight excluding hydrogens is 330 g/mol. The summed E-state index contributed by atoms with van der Waals surface area (Å²) in [7, 11) is -3.80. The van der Waals surface area contributed by atoms with Gasteiger partial charge in [-0.15, -0.1) is 0 Å². The highest BCUT2D eigenvalue weighted by Crippen LogP contribution is 2.23. The summed E-state index contributed by atoms with van der Waals surface area (Å²) < 4.78 is 33.3. The van der Waals surface area contributed by atoms with Crippen molar-refractivity contribution in [2.45, 2.75) is 31.3 Å². The Morgan fingerprint density at radius 1 is 1.17 bits per heavy atom. The van der Waals surface area contributed by atoms with Crippen LogP contribution in [0.25, 0.3) is 0 Å². The average molecular weight is 347 g/mol. The fourth-order valence-corrected chi connectivity index (χ4v) is 4.05. The predicted octanol–water partition coefficient (Wildman–Crippen LogP) is 1.60. The van der Waals surface area contributed by atoms with Crippen molar-refractivity contribution in [3.63, 3.8) is 0 Å². The van der Waals surface area contributed by atoms with Crippen molar-refractivity contribution in [1.82, 2.24) is 24.9 Å². The van der Waals surface area contributed by atoms with E-state index in [0.29, 0.717) is 5.69 Å². The highest BCUT2D eigenvalue weighted by Gasteiger charge is 2.28. The van der Waals surface area contributed by atoms with E-state index in [-0.39, 0.29) is 17.2 Å². The van der Waals surface area contributed by atoms with E-state index >= 15 is 0 Å². The highest BCUT2D eigenvalue weighted by atomic mass is 32.2. The van der Waals surface area contributed by atoms with Gasteiger partial charge in [-0.1, -0.05) is 35.5 Å². The molecular formula is C15H17N5O3S. The van der Waals surface area contributed by atoms with Crippen molar-refractivity contribution >= 4 is 10.0 Å². The van der Waals surface area contributed by atoms with Crippen LogP contribution in [0.3, 0.4) is 0 Å². The second-order valence-electron chi connectivity index (χ2n) is 5.32. The van der Waals surface area contributed by atoms with E-state index < -0.39 is 16.1 Å². The van der Waals surface area contributed by atoms with Crippen molar-refractivity contribution < 1.29 is 12.9 Å². The number of hydrogen-bond donors (Lipinski definition) is 1. The standard InChI is InChI=1S/C15H17N5O3S/c1-11-15(12(2)23-18-11)24(21,22)19-14(10-20-16-8-9-17-20)13-6-4-3-5-7-13/h3-9,14,19H,10H2,1-2H3/t14-/m1/s1. The lowest BCUT2D eigenvalue weighted by Crippen LogP contribution is -2.32. The fraction of sp³-hybridized carbons (Fsp3) is 0.267. The Bertz CT molecular complexity index is 885. The molecule has 0 saturated carbocycles. The molecule has 0 amide bonds. The Balaban J connectivity index is 1.94. The van der Waals surface area contributed by atoms with Crippen LogP contribution in [-0.4, -0.2) is 28.6 Å². The number of nitrogens with zero attached hydrogens (tertiary/aromatic N) is 4. The van der Waals surface area contributed by atoms with E-state index in [1.54, 1.807) is 26.2 Å². The number of benzene rings is 1. The number of sulfonamides is 1. The molecule has 126 valence electrons. The maximum absolute atomic E-state index is 12.8. The molecule has 2 heterocycles. The van der Waals surface area contributed by atoms with Gasteiger partial charge in [0.05, 0.1) is 25.0 Å². The molecule has 1 aromatic carbocycles. The van der Waals surface area contributed by atoms with Crippen molar-refractivity contribution in [2.75, 3.05) is 0 Å². The Hall–Kier alpha value is -2.52. The molecule has 2 aromatic heterocycles. The molecule has 0 bridgehead atoms. The van der Waals surface area contributed by atoms with E-state index in [4.69, 9.17) is 4.52 Å². The van der Waals surface area contributed by atoms with Gasteiger partial charge in [0.25, 0.3) is 0 Å². The first kappa shape index (κ1) is 16.3. The molecule has 9 heteroatoms. The molecule has 1 atom stereocenters. The lowest BCUT2D eigenvalue weighted by atomic mass is 10.1. The quantitative estimate of drug-likeness (QED) is 0.726. The molecule has 0 aliphatic heterocycles. The summed E-state index contributed by atoms with van der Waals surface area (Å²) in [4.78, 5) is 1.50. The summed E-state index contributed by atoms with van der Waals surface area (Å²) in [5, 5.41) is 11.8. The molecule has 0 aliphatic carbocycles. The van der Waals surface area contributed by atoms with Crippen LogP contribution in [0.5, 0.6) is 0 Å². The molecule has 3 rings (SSSR count). The molecule has 0 fully saturated rings. The summed E-state index contributed by atoms with van der Waals surface area (Å²) in [5.74, 6) is 0.254. The minimum absolute atomic E-state index is 0.0665. The molecule has 0 spiro atoms. The van der Waals surface area contributed by atoms with Crippen molar-refractivity contribution in [3.05, 3.63) is 59.7 Å². The van der Waals surface area contributed by atoms with Gasteiger partial charge in [0.2, 0.25) is 10.0 Å². The molecule has 0 unspecified atom stereocenters. The van der Waals surface area contributed by atoms with Crippen LogP contribution in [0.4, 0.5) is 0 Å². The second-order valence-corrected chi connectivity index (χ2v) is 6.97. The second kappa shape index (κ2) is 6.54. The fourth-order valence-electron chi connectivity index (χ4n) is 2.50. The van der Waals surface area contributed by atoms with Gasteiger partial charge in [-0.2, -0.15) is 15.0 Å². The number of rotatable bonds is 6. The minimum atomic E-state index is -3.80. The zero-order valence-electron chi connectivity index (χ0n) is 13.2. The third kappa shape index (κ3) is 3.36. The maximum Gasteiger partial charge on any atom is 0.246 e. The maximum atomic E-state index is 12.8. The summed E-state index contributed by atoms with van der Waals surface area (Å²) in [6.45, 7) is 3.43. The number of hydrogen-bond acceptors (Lipinski definition) is 6. The normalized spacial score (nSPS) is 13.1. The van der Waals surface area contributed by atoms with Gasteiger partial charge in [-0.05, 0) is 19.4 Å². The third-order valence-corrected chi connectivity index (χ3v) is 5.26. The van der Waals surface area contributed by atoms with Crippen molar-refractivity contribution in [1.29, 1.82) is 0 Å². The van der Waals surface area contributed by atoms with Gasteiger partial charge in [-0.25, -0.2) is 13.1 Å². The predicted molar refractivity (Wildman–Crippen MR) is 85.5 cm³/mol. The van der Waals surface area contributed by atoms with Crippen LogP contribution in [-0.2, 0) is 16.6 Å². The average Bonchev–Trinajstić information content (AvgIpc) is 3.17. The van der Waals surface area contributed by atoms with Gasteiger partial charge in [0.15, 0.2) is 5.76 Å². The summed E-state index contributed by atoms with van der Waals surface area (Å²) in [6.07, 6.45) is 3.09. The zero-order chi connectivity index (χ0) is 17.2. The largest absolute Gasteiger partial charge is 0.360 e. The third-order valence-electron chi connectivity index (χ3n) is 3.55. The van der Waals surface area contributed by atoms with Crippen LogP contribution in [0.15, 0.2) is 52.1 Å². The lowest BCUT2D eigenvalue weighted by molar-refractivity contribution is 0.390. The Labute approximate surface area is 139 Å². The SMILES string of the molecule is Cc1noc(C)c1S(=O)(=O)N[C@H](Cn1nccn1)c1ccccc1. The molecule has 0 saturated heterocycles. The molecule has 0 aliphatic rings. The molecule has 0 radical (unpaired) electrons. The van der Waals surface area contributed by atoms with E-state index in [1.165, 1.54) is 4.80 Å². The lowest BCUT2D eigenvalue weighted by Gasteiger charge is -2.18. The first-order valence-corrected chi connectivity index (χ1v) is 8.80. The van der Waals surface area contributed by atoms with Crippen LogP contribution in [0.1, 0.15) is 23.1 Å². The van der Waals surface area contributed by atoms with Gasteiger partial charge in [0.1, 0.15) is 10.6 Å². The van der Waals surface area contributed by atoms with E-state index in [0.717, 1.165) is 5.56 Å². The van der Waals surface area contributed by atoms with Gasteiger partial charge in [-0.3, -0.25) is 0 Å². The summed E-state index contributed by atoms with van der Waals surface area (Å²) in [6, 6.07) is 8.74. The van der Waals surface area contributed by atoms with Crippen LogP contribution >= 0.6 is 0 Å². The summed E-state index contributed by atoms with van der Waals surface area (Å²) in [5.41, 5.74) is 1.13. The Kier molecular flexibility index (Phi) is 4.45. The number of aryl methyl sites for hydroxylation is 2. The highest BCUT2D eigenvalue weighted by molar-refractivity contribution is 7.89. The molecule has 1 N–H and O–H groups in total. The Morgan fingerprint density at radius 3 is 2.42 bits per heavy atom.